The van der Waals surface area contributed by atoms with E-state index in [0.29, 0.717) is 10.8 Å². The van der Waals surface area contributed by atoms with E-state index in [0.717, 1.165) is 22.6 Å². The van der Waals surface area contributed by atoms with Crippen LogP contribution in [0.15, 0.2) is 97.2 Å². The number of pyridine rings is 1. The number of thiophene rings is 1. The molecule has 0 aliphatic carbocycles. The summed E-state index contributed by atoms with van der Waals surface area (Å²) in [5.74, 6) is 2.36. The van der Waals surface area contributed by atoms with Gasteiger partial charge in [-0.1, -0.05) is 62.7 Å². The van der Waals surface area contributed by atoms with E-state index in [-0.39, 0.29) is 5.41 Å². The van der Waals surface area contributed by atoms with Crippen molar-refractivity contribution in [2.75, 3.05) is 0 Å². The summed E-state index contributed by atoms with van der Waals surface area (Å²) in [7, 11) is 0. The maximum Gasteiger partial charge on any atom is 0.137 e. The standard InChI is InChI=1S/C33H25ClN2OS/c1-33(2,3)20-15-16-35-30(17-20)36-27-14-13-25-24-9-4-5-10-29(24)38-32(25)31(27)26-12-11-23(19-28(26)36)37-22-8-6-7-21(34)18-22/h4-19H,1-3H3. The molecule has 0 fully saturated rings. The number of hydrogen-bond donors (Lipinski definition) is 0. The molecule has 3 aromatic heterocycles. The molecule has 186 valence electrons. The number of ether oxygens (including phenoxy) is 1. The minimum Gasteiger partial charge on any atom is -0.457 e. The molecule has 4 aromatic carbocycles. The molecule has 0 N–H and O–H groups in total. The molecule has 0 atom stereocenters. The smallest absolute Gasteiger partial charge is 0.137 e. The van der Waals surface area contributed by atoms with Gasteiger partial charge in [0, 0.05) is 48.2 Å². The van der Waals surface area contributed by atoms with Crippen LogP contribution in [-0.4, -0.2) is 9.55 Å². The van der Waals surface area contributed by atoms with Crippen LogP contribution in [0.25, 0.3) is 47.8 Å². The summed E-state index contributed by atoms with van der Waals surface area (Å²) in [6.45, 7) is 6.70. The topological polar surface area (TPSA) is 27.1 Å². The SMILES string of the molecule is CC(C)(C)c1ccnc(-n2c3cc(Oc4cccc(Cl)c4)ccc3c3c4sc5ccccc5c4ccc32)c1. The first-order valence-corrected chi connectivity index (χ1v) is 13.8. The monoisotopic (exact) mass is 532 g/mol. The van der Waals surface area contributed by atoms with Gasteiger partial charge in [0.1, 0.15) is 17.3 Å². The molecule has 0 radical (unpaired) electrons. The first-order valence-electron chi connectivity index (χ1n) is 12.7. The molecule has 0 spiro atoms. The predicted molar refractivity (Wildman–Crippen MR) is 162 cm³/mol. The summed E-state index contributed by atoms with van der Waals surface area (Å²) in [6.07, 6.45) is 1.91. The van der Waals surface area contributed by atoms with Crippen molar-refractivity contribution < 1.29 is 4.74 Å². The highest BCUT2D eigenvalue weighted by Crippen LogP contribution is 2.44. The van der Waals surface area contributed by atoms with Crippen LogP contribution in [0.2, 0.25) is 5.02 Å². The fraction of sp³-hybridized carbons (Fsp3) is 0.121. The summed E-state index contributed by atoms with van der Waals surface area (Å²) in [5.41, 5.74) is 3.45. The van der Waals surface area contributed by atoms with Gasteiger partial charge < -0.3 is 4.74 Å². The molecular formula is C33H25ClN2OS. The third-order valence-corrected chi connectivity index (χ3v) is 8.56. The second-order valence-electron chi connectivity index (χ2n) is 10.7. The number of hydrogen-bond acceptors (Lipinski definition) is 3. The van der Waals surface area contributed by atoms with Crippen LogP contribution in [-0.2, 0) is 5.41 Å². The van der Waals surface area contributed by atoms with Crippen LogP contribution >= 0.6 is 22.9 Å². The van der Waals surface area contributed by atoms with Gasteiger partial charge in [-0.15, -0.1) is 11.3 Å². The zero-order valence-corrected chi connectivity index (χ0v) is 22.9. The second kappa shape index (κ2) is 8.59. The average Bonchev–Trinajstić information content (AvgIpc) is 3.43. The van der Waals surface area contributed by atoms with Crippen molar-refractivity contribution in [2.24, 2.45) is 0 Å². The van der Waals surface area contributed by atoms with Gasteiger partial charge in [-0.25, -0.2) is 4.98 Å². The minimum absolute atomic E-state index is 0.00996. The minimum atomic E-state index is 0.00996. The number of fused-ring (bicyclic) bond motifs is 7. The summed E-state index contributed by atoms with van der Waals surface area (Å²) in [5, 5.41) is 5.65. The average molecular weight is 533 g/mol. The van der Waals surface area contributed by atoms with E-state index in [4.69, 9.17) is 21.3 Å². The first-order chi connectivity index (χ1) is 18.4. The molecule has 0 amide bonds. The van der Waals surface area contributed by atoms with E-state index >= 15 is 0 Å². The molecule has 0 bridgehead atoms. The number of benzene rings is 4. The second-order valence-corrected chi connectivity index (χ2v) is 12.1. The Morgan fingerprint density at radius 3 is 2.42 bits per heavy atom. The van der Waals surface area contributed by atoms with E-state index in [1.807, 2.05) is 47.9 Å². The molecule has 0 saturated heterocycles. The molecule has 0 aliphatic rings. The lowest BCUT2D eigenvalue weighted by molar-refractivity contribution is 0.483. The maximum atomic E-state index is 6.25. The molecule has 0 saturated carbocycles. The lowest BCUT2D eigenvalue weighted by atomic mass is 9.88. The quantitative estimate of drug-likeness (QED) is 0.226. The van der Waals surface area contributed by atoms with Crippen LogP contribution in [0, 0.1) is 0 Å². The molecular weight excluding hydrogens is 508 g/mol. The van der Waals surface area contributed by atoms with Crippen molar-refractivity contribution in [2.45, 2.75) is 26.2 Å². The molecule has 7 aromatic rings. The molecule has 3 heterocycles. The number of rotatable bonds is 3. The van der Waals surface area contributed by atoms with E-state index in [1.165, 1.54) is 36.5 Å². The Morgan fingerprint density at radius 2 is 1.58 bits per heavy atom. The highest BCUT2D eigenvalue weighted by molar-refractivity contribution is 7.26. The van der Waals surface area contributed by atoms with Crippen LogP contribution in [0.5, 0.6) is 11.5 Å². The fourth-order valence-electron chi connectivity index (χ4n) is 5.25. The molecule has 5 heteroatoms. The Labute approximate surface area is 229 Å². The molecule has 38 heavy (non-hydrogen) atoms. The Kier molecular flexibility index (Phi) is 5.26. The van der Waals surface area contributed by atoms with E-state index in [9.17, 15) is 0 Å². The van der Waals surface area contributed by atoms with Gasteiger partial charge in [0.25, 0.3) is 0 Å². The molecule has 3 nitrogen and oxygen atoms in total. The summed E-state index contributed by atoms with van der Waals surface area (Å²) < 4.78 is 11.1. The van der Waals surface area contributed by atoms with Gasteiger partial charge in [0.05, 0.1) is 11.0 Å². The largest absolute Gasteiger partial charge is 0.457 e. The third-order valence-electron chi connectivity index (χ3n) is 7.12. The Balaban J connectivity index is 1.55. The van der Waals surface area contributed by atoms with Gasteiger partial charge in [-0.3, -0.25) is 4.57 Å². The highest BCUT2D eigenvalue weighted by Gasteiger charge is 2.20. The third kappa shape index (κ3) is 3.75. The van der Waals surface area contributed by atoms with E-state index < -0.39 is 0 Å². The lowest BCUT2D eigenvalue weighted by Gasteiger charge is -2.20. The van der Waals surface area contributed by atoms with E-state index in [2.05, 4.69) is 86.0 Å². The van der Waals surface area contributed by atoms with Crippen molar-refractivity contribution in [1.29, 1.82) is 0 Å². The van der Waals surface area contributed by atoms with Crippen molar-refractivity contribution in [3.05, 3.63) is 108 Å². The summed E-state index contributed by atoms with van der Waals surface area (Å²) in [6, 6.07) is 31.3. The maximum absolute atomic E-state index is 6.25. The predicted octanol–water partition coefficient (Wildman–Crippen LogP) is 10.3. The van der Waals surface area contributed by atoms with Gasteiger partial charge >= 0.3 is 0 Å². The van der Waals surface area contributed by atoms with Crippen LogP contribution in [0.4, 0.5) is 0 Å². The molecule has 7 rings (SSSR count). The summed E-state index contributed by atoms with van der Waals surface area (Å²) in [4.78, 5) is 4.85. The van der Waals surface area contributed by atoms with Crippen molar-refractivity contribution in [3.63, 3.8) is 0 Å². The fourth-order valence-corrected chi connectivity index (χ4v) is 6.69. The van der Waals surface area contributed by atoms with Gasteiger partial charge in [0.2, 0.25) is 0 Å². The zero-order valence-electron chi connectivity index (χ0n) is 21.3. The highest BCUT2D eigenvalue weighted by atomic mass is 35.5. The lowest BCUT2D eigenvalue weighted by Crippen LogP contribution is -2.12. The Bertz CT molecular complexity index is 2010. The molecule has 0 aliphatic heterocycles. The van der Waals surface area contributed by atoms with Gasteiger partial charge in [0.15, 0.2) is 0 Å². The number of aromatic nitrogens is 2. The zero-order chi connectivity index (χ0) is 26.0. The van der Waals surface area contributed by atoms with E-state index in [1.54, 1.807) is 0 Å². The Hall–Kier alpha value is -3.86. The van der Waals surface area contributed by atoms with Gasteiger partial charge in [-0.05, 0) is 65.6 Å². The van der Waals surface area contributed by atoms with Crippen molar-refractivity contribution in [1.82, 2.24) is 9.55 Å². The van der Waals surface area contributed by atoms with Crippen LogP contribution < -0.4 is 4.74 Å². The normalized spacial score (nSPS) is 12.2. The Morgan fingerprint density at radius 1 is 0.763 bits per heavy atom. The van der Waals surface area contributed by atoms with Crippen LogP contribution in [0.1, 0.15) is 26.3 Å². The summed E-state index contributed by atoms with van der Waals surface area (Å²) >= 11 is 8.06. The first kappa shape index (κ1) is 23.3. The van der Waals surface area contributed by atoms with Gasteiger partial charge in [-0.2, -0.15) is 0 Å². The van der Waals surface area contributed by atoms with Crippen molar-refractivity contribution >= 4 is 64.9 Å². The number of halogens is 1. The number of nitrogens with zero attached hydrogens (tertiary/aromatic N) is 2. The van der Waals surface area contributed by atoms with Crippen molar-refractivity contribution in [3.8, 4) is 17.3 Å². The van der Waals surface area contributed by atoms with Crippen LogP contribution in [0.3, 0.4) is 0 Å². The molecule has 0 unspecified atom stereocenters.